The zero-order valence-corrected chi connectivity index (χ0v) is 17.1. The molecule has 0 saturated carbocycles. The van der Waals surface area contributed by atoms with E-state index in [1.807, 2.05) is 18.2 Å². The number of carbonyl (C=O) groups excluding carboxylic acids is 1. The van der Waals surface area contributed by atoms with Crippen molar-refractivity contribution in [2.75, 3.05) is 13.1 Å². The van der Waals surface area contributed by atoms with Crippen molar-refractivity contribution >= 4 is 5.91 Å². The summed E-state index contributed by atoms with van der Waals surface area (Å²) >= 11 is 0. The van der Waals surface area contributed by atoms with Crippen LogP contribution in [0.2, 0.25) is 0 Å². The first kappa shape index (κ1) is 21.1. The predicted octanol–water partition coefficient (Wildman–Crippen LogP) is 4.20. The number of amides is 1. The lowest BCUT2D eigenvalue weighted by Crippen LogP contribution is -2.37. The molecule has 4 rings (SSSR count). The molecule has 1 aliphatic rings. The zero-order valence-electron chi connectivity index (χ0n) is 17.1. The lowest BCUT2D eigenvalue weighted by Gasteiger charge is -2.17. The van der Waals surface area contributed by atoms with E-state index < -0.39 is 11.7 Å². The molecular formula is C23H23F3N4O. The van der Waals surface area contributed by atoms with Gasteiger partial charge in [-0.05, 0) is 37.1 Å². The molecule has 162 valence electrons. The van der Waals surface area contributed by atoms with Gasteiger partial charge in [0.15, 0.2) is 0 Å². The predicted molar refractivity (Wildman–Crippen MR) is 111 cm³/mol. The summed E-state index contributed by atoms with van der Waals surface area (Å²) in [6.07, 6.45) is -2.19. The Balaban J connectivity index is 1.42. The maximum absolute atomic E-state index is 13.0. The van der Waals surface area contributed by atoms with E-state index in [1.165, 1.54) is 28.6 Å². The number of halogens is 3. The van der Waals surface area contributed by atoms with Crippen molar-refractivity contribution in [1.82, 2.24) is 20.0 Å². The van der Waals surface area contributed by atoms with Gasteiger partial charge in [0, 0.05) is 25.7 Å². The van der Waals surface area contributed by atoms with Gasteiger partial charge in [0.2, 0.25) is 0 Å². The van der Waals surface area contributed by atoms with Gasteiger partial charge in [-0.1, -0.05) is 36.4 Å². The average molecular weight is 428 g/mol. The highest BCUT2D eigenvalue weighted by Crippen LogP contribution is 2.30. The molecule has 0 spiro atoms. The number of carbonyl (C=O) groups is 1. The first-order valence-electron chi connectivity index (χ1n) is 10.1. The fourth-order valence-corrected chi connectivity index (χ4v) is 3.91. The maximum Gasteiger partial charge on any atom is 0.416 e. The highest BCUT2D eigenvalue weighted by atomic mass is 19.4. The largest absolute Gasteiger partial charge is 0.416 e. The average Bonchev–Trinajstić information content (AvgIpc) is 3.34. The summed E-state index contributed by atoms with van der Waals surface area (Å²) in [7, 11) is 0. The molecule has 0 aliphatic carbocycles. The van der Waals surface area contributed by atoms with Gasteiger partial charge in [-0.25, -0.2) is 4.68 Å². The van der Waals surface area contributed by atoms with Gasteiger partial charge in [-0.2, -0.15) is 18.3 Å². The van der Waals surface area contributed by atoms with E-state index in [-0.39, 0.29) is 17.6 Å². The third-order valence-electron chi connectivity index (χ3n) is 5.53. The second-order valence-corrected chi connectivity index (χ2v) is 7.78. The molecule has 2 heterocycles. The number of rotatable bonds is 5. The number of benzene rings is 2. The summed E-state index contributed by atoms with van der Waals surface area (Å²) in [6.45, 7) is 4.15. The molecule has 2 aromatic carbocycles. The summed E-state index contributed by atoms with van der Waals surface area (Å²) in [4.78, 5) is 15.1. The van der Waals surface area contributed by atoms with Gasteiger partial charge < -0.3 is 5.32 Å². The quantitative estimate of drug-likeness (QED) is 0.663. The first-order chi connectivity index (χ1) is 14.8. The molecule has 1 saturated heterocycles. The second-order valence-electron chi connectivity index (χ2n) is 7.78. The van der Waals surface area contributed by atoms with Crippen LogP contribution in [-0.2, 0) is 12.7 Å². The third kappa shape index (κ3) is 4.80. The first-order valence-corrected chi connectivity index (χ1v) is 10.1. The summed E-state index contributed by atoms with van der Waals surface area (Å²) < 4.78 is 40.4. The van der Waals surface area contributed by atoms with Gasteiger partial charge in [0.05, 0.1) is 28.7 Å². The molecular weight excluding hydrogens is 405 g/mol. The van der Waals surface area contributed by atoms with Crippen LogP contribution in [0, 0.1) is 6.92 Å². The van der Waals surface area contributed by atoms with Crippen molar-refractivity contribution in [3.63, 3.8) is 0 Å². The number of nitrogens with zero attached hydrogens (tertiary/aromatic N) is 3. The number of nitrogens with one attached hydrogen (secondary N) is 1. The Hall–Kier alpha value is -3.13. The van der Waals surface area contributed by atoms with Crippen LogP contribution in [0.1, 0.15) is 33.6 Å². The molecule has 5 nitrogen and oxygen atoms in total. The van der Waals surface area contributed by atoms with E-state index >= 15 is 0 Å². The van der Waals surface area contributed by atoms with E-state index in [0.29, 0.717) is 11.3 Å². The molecule has 1 unspecified atom stereocenters. The number of hydrogen-bond acceptors (Lipinski definition) is 3. The molecule has 1 fully saturated rings. The smallest absolute Gasteiger partial charge is 0.348 e. The van der Waals surface area contributed by atoms with Crippen LogP contribution in [0.25, 0.3) is 5.69 Å². The minimum absolute atomic E-state index is 0.0209. The van der Waals surface area contributed by atoms with Crippen molar-refractivity contribution < 1.29 is 18.0 Å². The SMILES string of the molecule is Cc1c(C(=O)NC2CCN(Cc3ccccc3)C2)cnn1-c1cccc(C(F)(F)F)c1. The van der Waals surface area contributed by atoms with Crippen LogP contribution >= 0.6 is 0 Å². The Kier molecular flexibility index (Phi) is 5.82. The van der Waals surface area contributed by atoms with Crippen molar-refractivity contribution in [3.05, 3.63) is 83.2 Å². The van der Waals surface area contributed by atoms with Crippen LogP contribution in [-0.4, -0.2) is 39.7 Å². The monoisotopic (exact) mass is 428 g/mol. The highest BCUT2D eigenvalue weighted by molar-refractivity contribution is 5.95. The Morgan fingerprint density at radius 1 is 1.16 bits per heavy atom. The summed E-state index contributed by atoms with van der Waals surface area (Å²) in [5.41, 5.74) is 1.60. The maximum atomic E-state index is 13.0. The fourth-order valence-electron chi connectivity index (χ4n) is 3.91. The third-order valence-corrected chi connectivity index (χ3v) is 5.53. The van der Waals surface area contributed by atoms with Crippen molar-refractivity contribution in [2.24, 2.45) is 0 Å². The summed E-state index contributed by atoms with van der Waals surface area (Å²) in [5.74, 6) is -0.262. The van der Waals surface area contributed by atoms with E-state index in [0.717, 1.165) is 38.2 Å². The Labute approximate surface area is 178 Å². The fraction of sp³-hybridized carbons (Fsp3) is 0.304. The van der Waals surface area contributed by atoms with Gasteiger partial charge >= 0.3 is 6.18 Å². The zero-order chi connectivity index (χ0) is 22.0. The van der Waals surface area contributed by atoms with Gasteiger partial charge in [-0.15, -0.1) is 0 Å². The molecule has 1 N–H and O–H groups in total. The summed E-state index contributed by atoms with van der Waals surface area (Å²) in [6, 6.07) is 15.1. The molecule has 3 aromatic rings. The number of likely N-dealkylation sites (tertiary alicyclic amines) is 1. The van der Waals surface area contributed by atoms with Crippen molar-refractivity contribution in [2.45, 2.75) is 32.1 Å². The molecule has 0 radical (unpaired) electrons. The van der Waals surface area contributed by atoms with Gasteiger partial charge in [0.1, 0.15) is 0 Å². The molecule has 8 heteroatoms. The van der Waals surface area contributed by atoms with Crippen LogP contribution in [0.15, 0.2) is 60.8 Å². The van der Waals surface area contributed by atoms with Crippen molar-refractivity contribution in [1.29, 1.82) is 0 Å². The molecule has 0 bridgehead atoms. The Morgan fingerprint density at radius 2 is 1.94 bits per heavy atom. The lowest BCUT2D eigenvalue weighted by atomic mass is 10.2. The normalized spacial score (nSPS) is 17.1. The van der Waals surface area contributed by atoms with Gasteiger partial charge in [-0.3, -0.25) is 9.69 Å². The minimum atomic E-state index is -4.44. The van der Waals surface area contributed by atoms with Crippen LogP contribution < -0.4 is 5.32 Å². The molecule has 1 aromatic heterocycles. The molecule has 1 aliphatic heterocycles. The van der Waals surface area contributed by atoms with E-state index in [9.17, 15) is 18.0 Å². The standard InChI is InChI=1S/C23H23F3N4O/c1-16-21(13-27-30(16)20-9-5-8-18(12-20)23(24,25)26)22(31)28-19-10-11-29(15-19)14-17-6-3-2-4-7-17/h2-9,12-13,19H,10-11,14-15H2,1H3,(H,28,31). The van der Waals surface area contributed by atoms with Crippen molar-refractivity contribution in [3.8, 4) is 5.69 Å². The second kappa shape index (κ2) is 8.55. The molecule has 1 atom stereocenters. The van der Waals surface area contributed by atoms with Crippen LogP contribution in [0.5, 0.6) is 0 Å². The Bertz CT molecular complexity index is 1060. The van der Waals surface area contributed by atoms with Crippen LogP contribution in [0.4, 0.5) is 13.2 Å². The number of alkyl halides is 3. The lowest BCUT2D eigenvalue weighted by molar-refractivity contribution is -0.137. The minimum Gasteiger partial charge on any atom is -0.348 e. The van der Waals surface area contributed by atoms with E-state index in [2.05, 4.69) is 27.4 Å². The number of aromatic nitrogens is 2. The topological polar surface area (TPSA) is 50.2 Å². The molecule has 31 heavy (non-hydrogen) atoms. The Morgan fingerprint density at radius 3 is 2.68 bits per heavy atom. The van der Waals surface area contributed by atoms with E-state index in [1.54, 1.807) is 6.92 Å². The summed E-state index contributed by atoms with van der Waals surface area (Å²) in [5, 5.41) is 7.19. The highest BCUT2D eigenvalue weighted by Gasteiger charge is 2.31. The number of hydrogen-bond donors (Lipinski definition) is 1. The molecule has 1 amide bonds. The van der Waals surface area contributed by atoms with Crippen LogP contribution in [0.3, 0.4) is 0 Å². The van der Waals surface area contributed by atoms with Gasteiger partial charge in [0.25, 0.3) is 5.91 Å². The van der Waals surface area contributed by atoms with E-state index in [4.69, 9.17) is 0 Å².